The van der Waals surface area contributed by atoms with Crippen LogP contribution in [0.25, 0.3) is 0 Å². The molecule has 1 amide bonds. The minimum Gasteiger partial charge on any atom is -0.465 e. The van der Waals surface area contributed by atoms with Crippen LogP contribution in [0.5, 0.6) is 0 Å². The summed E-state index contributed by atoms with van der Waals surface area (Å²) in [6.07, 6.45) is 3.47. The first-order chi connectivity index (χ1) is 8.22. The number of nitrogens with one attached hydrogen (secondary N) is 1. The van der Waals surface area contributed by atoms with Crippen molar-refractivity contribution in [2.45, 2.75) is 26.3 Å². The number of hydrogen-bond acceptors (Lipinski definition) is 3. The van der Waals surface area contributed by atoms with Crippen LogP contribution in [0.3, 0.4) is 0 Å². The Morgan fingerprint density at radius 1 is 1.59 bits per heavy atom. The highest BCUT2D eigenvalue weighted by atomic mass is 16.5. The maximum atomic E-state index is 11.7. The standard InChI is InChI=1S/C12H16N2O3/c1-2-17-11(15)8-14-7-5-9-10(14)4-3-6-13-12(9)16/h5,7H,2-4,6,8H2,1H3,(H,13,16). The SMILES string of the molecule is CCOC(=O)Cn1ccc2c1CCCNC2=O. The molecule has 1 N–H and O–H groups in total. The summed E-state index contributed by atoms with van der Waals surface area (Å²) in [6, 6.07) is 1.76. The average molecular weight is 236 g/mol. The molecule has 1 aliphatic heterocycles. The molecule has 1 aromatic heterocycles. The maximum absolute atomic E-state index is 11.7. The summed E-state index contributed by atoms with van der Waals surface area (Å²) in [5.74, 6) is -0.323. The molecule has 5 heteroatoms. The van der Waals surface area contributed by atoms with Gasteiger partial charge in [-0.3, -0.25) is 9.59 Å². The van der Waals surface area contributed by atoms with Gasteiger partial charge in [-0.05, 0) is 25.8 Å². The van der Waals surface area contributed by atoms with E-state index >= 15 is 0 Å². The number of carbonyl (C=O) groups excluding carboxylic acids is 2. The van der Waals surface area contributed by atoms with Crippen LogP contribution in [0.15, 0.2) is 12.3 Å². The molecular formula is C12H16N2O3. The lowest BCUT2D eigenvalue weighted by Crippen LogP contribution is -2.22. The molecule has 0 saturated carbocycles. The van der Waals surface area contributed by atoms with E-state index in [1.807, 2.05) is 0 Å². The number of aromatic nitrogens is 1. The summed E-state index contributed by atoms with van der Waals surface area (Å²) in [5.41, 5.74) is 1.60. The van der Waals surface area contributed by atoms with Crippen molar-refractivity contribution in [3.63, 3.8) is 0 Å². The molecular weight excluding hydrogens is 220 g/mol. The van der Waals surface area contributed by atoms with Gasteiger partial charge in [-0.25, -0.2) is 0 Å². The second-order valence-corrected chi connectivity index (χ2v) is 3.97. The molecule has 0 spiro atoms. The second-order valence-electron chi connectivity index (χ2n) is 3.97. The van der Waals surface area contributed by atoms with Crippen LogP contribution in [-0.4, -0.2) is 29.6 Å². The van der Waals surface area contributed by atoms with Crippen LogP contribution in [0, 0.1) is 0 Å². The van der Waals surface area contributed by atoms with E-state index in [0.29, 0.717) is 18.7 Å². The lowest BCUT2D eigenvalue weighted by Gasteiger charge is -2.08. The number of nitrogens with zero attached hydrogens (tertiary/aromatic N) is 1. The number of rotatable bonds is 3. The summed E-state index contributed by atoms with van der Waals surface area (Å²) in [4.78, 5) is 23.1. The van der Waals surface area contributed by atoms with E-state index in [-0.39, 0.29) is 18.4 Å². The Bertz CT molecular complexity index is 437. The molecule has 92 valence electrons. The molecule has 0 aromatic carbocycles. The van der Waals surface area contributed by atoms with Crippen molar-refractivity contribution in [3.05, 3.63) is 23.5 Å². The van der Waals surface area contributed by atoms with Crippen LogP contribution in [-0.2, 0) is 22.5 Å². The van der Waals surface area contributed by atoms with E-state index in [2.05, 4.69) is 5.32 Å². The number of hydrogen-bond donors (Lipinski definition) is 1. The lowest BCUT2D eigenvalue weighted by molar-refractivity contribution is -0.143. The summed E-state index contributed by atoms with van der Waals surface area (Å²) in [6.45, 7) is 3.02. The molecule has 1 aliphatic rings. The third-order valence-corrected chi connectivity index (χ3v) is 2.80. The molecule has 0 unspecified atom stereocenters. The van der Waals surface area contributed by atoms with Gasteiger partial charge in [0.2, 0.25) is 0 Å². The first-order valence-corrected chi connectivity index (χ1v) is 5.84. The monoisotopic (exact) mass is 236 g/mol. The van der Waals surface area contributed by atoms with Crippen LogP contribution in [0.4, 0.5) is 0 Å². The van der Waals surface area contributed by atoms with E-state index in [1.54, 1.807) is 23.8 Å². The van der Waals surface area contributed by atoms with Gasteiger partial charge < -0.3 is 14.6 Å². The molecule has 2 heterocycles. The molecule has 0 bridgehead atoms. The normalized spacial score (nSPS) is 14.8. The molecule has 0 atom stereocenters. The van der Waals surface area contributed by atoms with Crippen molar-refractivity contribution < 1.29 is 14.3 Å². The third kappa shape index (κ3) is 2.49. The summed E-state index contributed by atoms with van der Waals surface area (Å²) in [7, 11) is 0. The van der Waals surface area contributed by atoms with Crippen molar-refractivity contribution in [2.75, 3.05) is 13.2 Å². The van der Waals surface area contributed by atoms with E-state index in [4.69, 9.17) is 4.74 Å². The zero-order chi connectivity index (χ0) is 12.3. The molecule has 2 rings (SSSR count). The van der Waals surface area contributed by atoms with Crippen molar-refractivity contribution in [1.29, 1.82) is 0 Å². The number of ether oxygens (including phenoxy) is 1. The highest BCUT2D eigenvalue weighted by molar-refractivity contribution is 5.95. The largest absolute Gasteiger partial charge is 0.465 e. The van der Waals surface area contributed by atoms with E-state index < -0.39 is 0 Å². The van der Waals surface area contributed by atoms with Crippen LogP contribution < -0.4 is 5.32 Å². The van der Waals surface area contributed by atoms with E-state index in [0.717, 1.165) is 18.5 Å². The fraction of sp³-hybridized carbons (Fsp3) is 0.500. The number of esters is 1. The van der Waals surface area contributed by atoms with Gasteiger partial charge in [0.1, 0.15) is 6.54 Å². The Hall–Kier alpha value is -1.78. The summed E-state index contributed by atoms with van der Waals surface area (Å²) >= 11 is 0. The number of fused-ring (bicyclic) bond motifs is 1. The first kappa shape index (κ1) is 11.7. The second kappa shape index (κ2) is 5.03. The highest BCUT2D eigenvalue weighted by Gasteiger charge is 2.19. The molecule has 0 aliphatic carbocycles. The number of carbonyl (C=O) groups is 2. The zero-order valence-electron chi connectivity index (χ0n) is 9.86. The van der Waals surface area contributed by atoms with Crippen LogP contribution in [0.2, 0.25) is 0 Å². The minimum atomic E-state index is -0.268. The molecule has 0 fully saturated rings. The Kier molecular flexibility index (Phi) is 3.46. The quantitative estimate of drug-likeness (QED) is 0.787. The number of amides is 1. The summed E-state index contributed by atoms with van der Waals surface area (Å²) in [5, 5.41) is 2.82. The molecule has 1 aromatic rings. The molecule has 0 saturated heterocycles. The zero-order valence-corrected chi connectivity index (χ0v) is 9.86. The fourth-order valence-corrected chi connectivity index (χ4v) is 2.04. The maximum Gasteiger partial charge on any atom is 0.325 e. The van der Waals surface area contributed by atoms with Gasteiger partial charge in [-0.15, -0.1) is 0 Å². The lowest BCUT2D eigenvalue weighted by atomic mass is 10.2. The Labute approximate surface area is 99.8 Å². The van der Waals surface area contributed by atoms with Gasteiger partial charge in [0.25, 0.3) is 5.91 Å². The van der Waals surface area contributed by atoms with Gasteiger partial charge in [-0.2, -0.15) is 0 Å². The Morgan fingerprint density at radius 3 is 3.18 bits per heavy atom. The predicted molar refractivity (Wildman–Crippen MR) is 61.7 cm³/mol. The van der Waals surface area contributed by atoms with Crippen molar-refractivity contribution in [2.24, 2.45) is 0 Å². The minimum absolute atomic E-state index is 0.0555. The molecule has 17 heavy (non-hydrogen) atoms. The van der Waals surface area contributed by atoms with Gasteiger partial charge in [0.15, 0.2) is 0 Å². The van der Waals surface area contributed by atoms with Crippen LogP contribution >= 0.6 is 0 Å². The Balaban J connectivity index is 2.19. The van der Waals surface area contributed by atoms with E-state index in [1.165, 1.54) is 0 Å². The van der Waals surface area contributed by atoms with Crippen molar-refractivity contribution >= 4 is 11.9 Å². The third-order valence-electron chi connectivity index (χ3n) is 2.80. The predicted octanol–water partition coefficient (Wildman–Crippen LogP) is 0.727. The molecule has 5 nitrogen and oxygen atoms in total. The van der Waals surface area contributed by atoms with Gasteiger partial charge in [-0.1, -0.05) is 0 Å². The van der Waals surface area contributed by atoms with Crippen LogP contribution in [0.1, 0.15) is 29.4 Å². The molecule has 0 radical (unpaired) electrons. The fourth-order valence-electron chi connectivity index (χ4n) is 2.04. The van der Waals surface area contributed by atoms with Gasteiger partial charge in [0, 0.05) is 18.4 Å². The van der Waals surface area contributed by atoms with Crippen molar-refractivity contribution in [1.82, 2.24) is 9.88 Å². The highest BCUT2D eigenvalue weighted by Crippen LogP contribution is 2.16. The smallest absolute Gasteiger partial charge is 0.325 e. The van der Waals surface area contributed by atoms with E-state index in [9.17, 15) is 9.59 Å². The van der Waals surface area contributed by atoms with Gasteiger partial charge in [0.05, 0.1) is 12.2 Å². The first-order valence-electron chi connectivity index (χ1n) is 5.84. The summed E-state index contributed by atoms with van der Waals surface area (Å²) < 4.78 is 6.71. The average Bonchev–Trinajstić information content (AvgIpc) is 2.58. The topological polar surface area (TPSA) is 60.3 Å². The van der Waals surface area contributed by atoms with Gasteiger partial charge >= 0.3 is 5.97 Å². The Morgan fingerprint density at radius 2 is 2.41 bits per heavy atom. The van der Waals surface area contributed by atoms with Crippen molar-refractivity contribution in [3.8, 4) is 0 Å².